The molecule has 26 heavy (non-hydrogen) atoms. The van der Waals surface area contributed by atoms with E-state index in [9.17, 15) is 22.8 Å². The van der Waals surface area contributed by atoms with E-state index in [1.165, 1.54) is 0 Å². The first-order chi connectivity index (χ1) is 12.1. The third-order valence-corrected chi connectivity index (χ3v) is 4.30. The lowest BCUT2D eigenvalue weighted by molar-refractivity contribution is -0.137. The number of hydrogen-bond donors (Lipinski definition) is 2. The van der Waals surface area contributed by atoms with Crippen LogP contribution in [0.1, 0.15) is 21.5 Å². The highest BCUT2D eigenvalue weighted by molar-refractivity contribution is 6.36. The topological polar surface area (TPSA) is 72.2 Å². The monoisotopic (exact) mass is 404 g/mol. The maximum absolute atomic E-state index is 12.6. The fourth-order valence-electron chi connectivity index (χ4n) is 2.21. The van der Waals surface area contributed by atoms with Crippen molar-refractivity contribution in [2.45, 2.75) is 18.6 Å². The normalized spacial score (nSPS) is 12.5. The van der Waals surface area contributed by atoms with Crippen LogP contribution in [-0.2, 0) is 17.4 Å². The molecule has 0 spiro atoms. The Labute approximate surface area is 157 Å². The lowest BCUT2D eigenvalue weighted by atomic mass is 10.0. The summed E-state index contributed by atoms with van der Waals surface area (Å²) < 4.78 is 37.7. The van der Waals surface area contributed by atoms with E-state index in [1.54, 1.807) is 18.2 Å². The van der Waals surface area contributed by atoms with Gasteiger partial charge in [-0.2, -0.15) is 13.2 Å². The van der Waals surface area contributed by atoms with Gasteiger partial charge in [-0.15, -0.1) is 0 Å². The Bertz CT molecular complexity index is 803. The van der Waals surface area contributed by atoms with Crippen molar-refractivity contribution in [3.05, 3.63) is 69.2 Å². The van der Waals surface area contributed by atoms with Crippen molar-refractivity contribution in [3.63, 3.8) is 0 Å². The number of nitrogens with one attached hydrogen (secondary N) is 1. The predicted molar refractivity (Wildman–Crippen MR) is 92.1 cm³/mol. The molecule has 0 saturated heterocycles. The van der Waals surface area contributed by atoms with Crippen molar-refractivity contribution in [3.8, 4) is 0 Å². The first-order valence-corrected chi connectivity index (χ1v) is 8.05. The highest BCUT2D eigenvalue weighted by Gasteiger charge is 2.30. The molecule has 0 aliphatic carbocycles. The number of hydrogen-bond acceptors (Lipinski definition) is 2. The third-order valence-electron chi connectivity index (χ3n) is 3.59. The van der Waals surface area contributed by atoms with Gasteiger partial charge in [0.25, 0.3) is 5.91 Å². The Morgan fingerprint density at radius 3 is 2.04 bits per heavy atom. The Kier molecular flexibility index (Phi) is 6.15. The van der Waals surface area contributed by atoms with Crippen LogP contribution < -0.4 is 11.1 Å². The fraction of sp³-hybridized carbons (Fsp3) is 0.176. The highest BCUT2D eigenvalue weighted by atomic mass is 35.5. The molecule has 0 aliphatic heterocycles. The average Bonchev–Trinajstić information content (AvgIpc) is 2.56. The number of alkyl halides is 3. The van der Waals surface area contributed by atoms with Gasteiger partial charge in [-0.3, -0.25) is 9.59 Å². The van der Waals surface area contributed by atoms with Crippen molar-refractivity contribution >= 4 is 35.0 Å². The van der Waals surface area contributed by atoms with Crippen LogP contribution in [0.3, 0.4) is 0 Å². The highest BCUT2D eigenvalue weighted by Crippen LogP contribution is 2.29. The second kappa shape index (κ2) is 7.97. The van der Waals surface area contributed by atoms with Crippen LogP contribution in [-0.4, -0.2) is 17.9 Å². The lowest BCUT2D eigenvalue weighted by Gasteiger charge is -2.17. The summed E-state index contributed by atoms with van der Waals surface area (Å²) in [6, 6.07) is 7.20. The van der Waals surface area contributed by atoms with Crippen molar-refractivity contribution in [2.75, 3.05) is 0 Å². The molecule has 0 bridgehead atoms. The molecule has 2 aromatic rings. The van der Waals surface area contributed by atoms with Gasteiger partial charge in [0.15, 0.2) is 0 Å². The summed E-state index contributed by atoms with van der Waals surface area (Å²) in [5, 5.41) is 2.98. The molecule has 2 amide bonds. The molecule has 138 valence electrons. The van der Waals surface area contributed by atoms with Gasteiger partial charge in [0.2, 0.25) is 5.91 Å². The maximum atomic E-state index is 12.6. The summed E-state index contributed by atoms with van der Waals surface area (Å²) in [5.41, 5.74) is 4.79. The summed E-state index contributed by atoms with van der Waals surface area (Å²) in [4.78, 5) is 23.9. The quantitative estimate of drug-likeness (QED) is 0.794. The standard InChI is InChI=1S/C17H13Cl2F3N2O2/c18-12-2-1-3-13(19)11(12)8-14(15(23)25)24-16(26)9-4-6-10(7-5-9)17(20,21)22/h1-7,14H,8H2,(H2,23,25)(H,24,26)/t14-/m1/s1. The SMILES string of the molecule is NC(=O)[C@@H](Cc1c(Cl)cccc1Cl)NC(=O)c1ccc(C(F)(F)F)cc1. The summed E-state index contributed by atoms with van der Waals surface area (Å²) >= 11 is 12.1. The minimum absolute atomic E-state index is 0.0468. The van der Waals surface area contributed by atoms with Crippen LogP contribution in [0.5, 0.6) is 0 Å². The van der Waals surface area contributed by atoms with Gasteiger partial charge in [-0.05, 0) is 42.0 Å². The number of carbonyl (C=O) groups excluding carboxylic acids is 2. The molecular formula is C17H13Cl2F3N2O2. The van der Waals surface area contributed by atoms with Crippen LogP contribution in [0.4, 0.5) is 13.2 Å². The van der Waals surface area contributed by atoms with Gasteiger partial charge in [-0.1, -0.05) is 29.3 Å². The molecule has 0 unspecified atom stereocenters. The minimum Gasteiger partial charge on any atom is -0.368 e. The first-order valence-electron chi connectivity index (χ1n) is 7.30. The molecule has 0 saturated carbocycles. The Morgan fingerprint density at radius 2 is 1.58 bits per heavy atom. The fourth-order valence-corrected chi connectivity index (χ4v) is 2.76. The van der Waals surface area contributed by atoms with E-state index in [1.807, 2.05) is 0 Å². The van der Waals surface area contributed by atoms with E-state index >= 15 is 0 Å². The largest absolute Gasteiger partial charge is 0.416 e. The molecule has 3 N–H and O–H groups in total. The van der Waals surface area contributed by atoms with Crippen LogP contribution in [0.15, 0.2) is 42.5 Å². The first kappa shape index (κ1) is 20.1. The van der Waals surface area contributed by atoms with E-state index in [0.29, 0.717) is 15.6 Å². The number of halogens is 5. The Morgan fingerprint density at radius 1 is 1.04 bits per heavy atom. The molecule has 1 atom stereocenters. The number of benzene rings is 2. The average molecular weight is 405 g/mol. The smallest absolute Gasteiger partial charge is 0.368 e. The molecule has 0 aliphatic rings. The van der Waals surface area contributed by atoms with Gasteiger partial charge in [-0.25, -0.2) is 0 Å². The number of amides is 2. The van der Waals surface area contributed by atoms with Gasteiger partial charge in [0.1, 0.15) is 6.04 Å². The summed E-state index contributed by atoms with van der Waals surface area (Å²) in [7, 11) is 0. The van der Waals surface area contributed by atoms with Gasteiger partial charge in [0, 0.05) is 22.0 Å². The van der Waals surface area contributed by atoms with Gasteiger partial charge in [0.05, 0.1) is 5.56 Å². The minimum atomic E-state index is -4.51. The van der Waals surface area contributed by atoms with E-state index in [4.69, 9.17) is 28.9 Å². The molecule has 0 heterocycles. The van der Waals surface area contributed by atoms with Crippen LogP contribution >= 0.6 is 23.2 Å². The molecule has 0 fully saturated rings. The molecule has 0 radical (unpaired) electrons. The van der Waals surface area contributed by atoms with Crippen LogP contribution in [0, 0.1) is 0 Å². The van der Waals surface area contributed by atoms with E-state index in [2.05, 4.69) is 5.32 Å². The molecular weight excluding hydrogens is 392 g/mol. The second-order valence-electron chi connectivity index (χ2n) is 5.41. The number of primary amides is 1. The van der Waals surface area contributed by atoms with Crippen molar-refractivity contribution in [2.24, 2.45) is 5.73 Å². The van der Waals surface area contributed by atoms with Crippen LogP contribution in [0.2, 0.25) is 10.0 Å². The lowest BCUT2D eigenvalue weighted by Crippen LogP contribution is -2.46. The summed E-state index contributed by atoms with van der Waals surface area (Å²) in [6.45, 7) is 0. The zero-order valence-corrected chi connectivity index (χ0v) is 14.6. The zero-order chi connectivity index (χ0) is 19.5. The second-order valence-corrected chi connectivity index (χ2v) is 6.22. The van der Waals surface area contributed by atoms with Gasteiger partial charge >= 0.3 is 6.18 Å². The predicted octanol–water partition coefficient (Wildman–Crippen LogP) is 3.84. The third kappa shape index (κ3) is 4.89. The summed E-state index contributed by atoms with van der Waals surface area (Å²) in [5.74, 6) is -1.58. The number of rotatable bonds is 5. The maximum Gasteiger partial charge on any atom is 0.416 e. The van der Waals surface area contributed by atoms with Crippen molar-refractivity contribution in [1.82, 2.24) is 5.32 Å². The van der Waals surface area contributed by atoms with E-state index < -0.39 is 29.6 Å². The molecule has 2 rings (SSSR count). The Balaban J connectivity index is 2.17. The molecule has 0 aromatic heterocycles. The number of carbonyl (C=O) groups is 2. The molecule has 9 heteroatoms. The molecule has 2 aromatic carbocycles. The number of nitrogens with two attached hydrogens (primary N) is 1. The molecule has 4 nitrogen and oxygen atoms in total. The van der Waals surface area contributed by atoms with Crippen molar-refractivity contribution in [1.29, 1.82) is 0 Å². The van der Waals surface area contributed by atoms with E-state index in [0.717, 1.165) is 24.3 Å². The van der Waals surface area contributed by atoms with Crippen molar-refractivity contribution < 1.29 is 22.8 Å². The van der Waals surface area contributed by atoms with Crippen LogP contribution in [0.25, 0.3) is 0 Å². The van der Waals surface area contributed by atoms with Gasteiger partial charge < -0.3 is 11.1 Å². The zero-order valence-electron chi connectivity index (χ0n) is 13.1. The summed E-state index contributed by atoms with van der Waals surface area (Å²) in [6.07, 6.45) is -4.56. The van der Waals surface area contributed by atoms with E-state index in [-0.39, 0.29) is 12.0 Å². The Hall–Kier alpha value is -2.25.